The highest BCUT2D eigenvalue weighted by atomic mass is 32.2. The van der Waals surface area contributed by atoms with Gasteiger partial charge in [0.2, 0.25) is 11.8 Å². The highest BCUT2D eigenvalue weighted by Crippen LogP contribution is 2.35. The van der Waals surface area contributed by atoms with Crippen LogP contribution in [0, 0.1) is 16.0 Å². The summed E-state index contributed by atoms with van der Waals surface area (Å²) in [6, 6.07) is 15.7. The lowest BCUT2D eigenvalue weighted by Crippen LogP contribution is -2.62. The Hall–Kier alpha value is -3.40. The molecule has 9 nitrogen and oxygen atoms in total. The molecule has 1 saturated carbocycles. The van der Waals surface area contributed by atoms with E-state index in [2.05, 4.69) is 17.4 Å². The molecule has 10 heteroatoms. The third-order valence-corrected chi connectivity index (χ3v) is 7.94. The Balaban J connectivity index is 1.32. The van der Waals surface area contributed by atoms with Gasteiger partial charge in [-0.3, -0.25) is 24.6 Å². The Morgan fingerprint density at radius 1 is 1.05 bits per heavy atom. The molecule has 0 aromatic heterocycles. The number of hydrogen-bond donors (Lipinski definition) is 1. The van der Waals surface area contributed by atoms with Crippen LogP contribution >= 0.6 is 11.8 Å². The van der Waals surface area contributed by atoms with Gasteiger partial charge in [-0.05, 0) is 24.0 Å². The number of hydrogen-bond acceptors (Lipinski definition) is 6. The predicted molar refractivity (Wildman–Crippen MR) is 142 cm³/mol. The lowest BCUT2D eigenvalue weighted by Gasteiger charge is -2.46. The summed E-state index contributed by atoms with van der Waals surface area (Å²) in [6.07, 6.45) is 3.32. The minimum Gasteiger partial charge on any atom is -0.355 e. The van der Waals surface area contributed by atoms with Gasteiger partial charge in [-0.2, -0.15) is 11.8 Å². The van der Waals surface area contributed by atoms with E-state index in [4.69, 9.17) is 0 Å². The van der Waals surface area contributed by atoms with Crippen LogP contribution in [0.15, 0.2) is 54.6 Å². The number of benzene rings is 2. The van der Waals surface area contributed by atoms with Crippen molar-refractivity contribution in [2.24, 2.45) is 5.92 Å². The second kappa shape index (κ2) is 12.7. The predicted octanol–water partition coefficient (Wildman–Crippen LogP) is 4.36. The highest BCUT2D eigenvalue weighted by Gasteiger charge is 2.46. The first-order chi connectivity index (χ1) is 17.9. The molecule has 196 valence electrons. The Kier molecular flexibility index (Phi) is 9.16. The number of fused-ring (bicyclic) bond motifs is 1. The SMILES string of the molecule is O=C(CCN1C(=O)C2CCCCC2N(Cc2cccc([N+](=O)[O-])c2)C1=O)NCCSCc1ccccc1. The molecule has 2 fully saturated rings. The third kappa shape index (κ3) is 6.88. The molecule has 4 rings (SSSR count). The molecule has 0 bridgehead atoms. The summed E-state index contributed by atoms with van der Waals surface area (Å²) in [5.74, 6) is 0.926. The number of urea groups is 1. The maximum absolute atomic E-state index is 13.4. The molecule has 2 aliphatic rings. The number of rotatable bonds is 11. The Bertz CT molecular complexity index is 1130. The van der Waals surface area contributed by atoms with Gasteiger partial charge in [0.05, 0.1) is 10.8 Å². The molecule has 1 aliphatic carbocycles. The van der Waals surface area contributed by atoms with Crippen molar-refractivity contribution >= 4 is 35.3 Å². The standard InChI is InChI=1S/C27H32N4O5S/c32-25(28-14-16-37-19-20-7-2-1-3-8-20)13-15-29-26(33)23-11-4-5-12-24(23)30(27(29)34)18-21-9-6-10-22(17-21)31(35)36/h1-3,6-10,17,23-24H,4-5,11-16,18-19H2,(H,28,32). The number of imide groups is 1. The normalized spacial score (nSPS) is 19.5. The van der Waals surface area contributed by atoms with Crippen molar-refractivity contribution in [1.29, 1.82) is 0 Å². The van der Waals surface area contributed by atoms with E-state index in [0.717, 1.165) is 30.8 Å². The molecule has 2 aromatic carbocycles. The van der Waals surface area contributed by atoms with E-state index >= 15 is 0 Å². The number of nitro groups is 1. The lowest BCUT2D eigenvalue weighted by molar-refractivity contribution is -0.384. The van der Waals surface area contributed by atoms with Gasteiger partial charge in [-0.1, -0.05) is 55.3 Å². The summed E-state index contributed by atoms with van der Waals surface area (Å²) >= 11 is 1.73. The molecule has 1 saturated heterocycles. The monoisotopic (exact) mass is 524 g/mol. The fourth-order valence-corrected chi connectivity index (χ4v) is 5.87. The summed E-state index contributed by atoms with van der Waals surface area (Å²) < 4.78 is 0. The summed E-state index contributed by atoms with van der Waals surface area (Å²) in [5, 5.41) is 14.1. The Labute approximate surface area is 220 Å². The van der Waals surface area contributed by atoms with Gasteiger partial charge in [0.25, 0.3) is 5.69 Å². The molecule has 2 aromatic rings. The second-order valence-electron chi connectivity index (χ2n) is 9.42. The minimum atomic E-state index is -0.459. The van der Waals surface area contributed by atoms with Crippen molar-refractivity contribution in [3.8, 4) is 0 Å². The molecule has 1 heterocycles. The van der Waals surface area contributed by atoms with Crippen LogP contribution in [-0.2, 0) is 21.9 Å². The number of carbonyl (C=O) groups is 3. The first kappa shape index (κ1) is 26.7. The minimum absolute atomic E-state index is 0.0231. The third-order valence-electron chi connectivity index (χ3n) is 6.91. The maximum atomic E-state index is 13.4. The van der Waals surface area contributed by atoms with Crippen molar-refractivity contribution in [3.05, 3.63) is 75.8 Å². The maximum Gasteiger partial charge on any atom is 0.327 e. The van der Waals surface area contributed by atoms with Gasteiger partial charge in [-0.25, -0.2) is 4.79 Å². The molecule has 37 heavy (non-hydrogen) atoms. The number of non-ortho nitro benzene ring substituents is 1. The highest BCUT2D eigenvalue weighted by molar-refractivity contribution is 7.98. The second-order valence-corrected chi connectivity index (χ2v) is 10.5. The first-order valence-corrected chi connectivity index (χ1v) is 13.8. The van der Waals surface area contributed by atoms with Gasteiger partial charge in [0.15, 0.2) is 0 Å². The number of nitro benzene ring substituents is 1. The Morgan fingerprint density at radius 3 is 2.59 bits per heavy atom. The van der Waals surface area contributed by atoms with Crippen LogP contribution in [-0.4, -0.2) is 57.5 Å². The number of carbonyl (C=O) groups excluding carboxylic acids is 3. The van der Waals surface area contributed by atoms with E-state index in [9.17, 15) is 24.5 Å². The molecule has 1 N–H and O–H groups in total. The van der Waals surface area contributed by atoms with Crippen LogP contribution in [0.3, 0.4) is 0 Å². The number of thioether (sulfide) groups is 1. The molecule has 0 radical (unpaired) electrons. The zero-order valence-corrected chi connectivity index (χ0v) is 21.5. The van der Waals surface area contributed by atoms with Gasteiger partial charge in [0, 0.05) is 55.7 Å². The van der Waals surface area contributed by atoms with Crippen molar-refractivity contribution in [3.63, 3.8) is 0 Å². The van der Waals surface area contributed by atoms with E-state index in [1.807, 2.05) is 18.2 Å². The van der Waals surface area contributed by atoms with Crippen LogP contribution in [0.1, 0.15) is 43.2 Å². The van der Waals surface area contributed by atoms with Crippen LogP contribution in [0.25, 0.3) is 0 Å². The van der Waals surface area contributed by atoms with Crippen LogP contribution in [0.2, 0.25) is 0 Å². The van der Waals surface area contributed by atoms with E-state index in [1.165, 1.54) is 22.6 Å². The number of nitrogens with one attached hydrogen (secondary N) is 1. The summed E-state index contributed by atoms with van der Waals surface area (Å²) in [4.78, 5) is 52.7. The summed E-state index contributed by atoms with van der Waals surface area (Å²) in [6.45, 7) is 0.730. The first-order valence-electron chi connectivity index (χ1n) is 12.7. The molecule has 0 spiro atoms. The smallest absolute Gasteiger partial charge is 0.327 e. The van der Waals surface area contributed by atoms with Crippen molar-refractivity contribution in [1.82, 2.24) is 15.1 Å². The molecular weight excluding hydrogens is 492 g/mol. The van der Waals surface area contributed by atoms with E-state index < -0.39 is 11.0 Å². The summed E-state index contributed by atoms with van der Waals surface area (Å²) in [5.41, 5.74) is 1.84. The van der Waals surface area contributed by atoms with Gasteiger partial charge in [0.1, 0.15) is 0 Å². The Morgan fingerprint density at radius 2 is 1.81 bits per heavy atom. The van der Waals surface area contributed by atoms with Gasteiger partial charge in [-0.15, -0.1) is 0 Å². The van der Waals surface area contributed by atoms with E-state index in [-0.39, 0.29) is 49.0 Å². The van der Waals surface area contributed by atoms with Crippen molar-refractivity contribution in [2.75, 3.05) is 18.8 Å². The summed E-state index contributed by atoms with van der Waals surface area (Å²) in [7, 11) is 0. The average molecular weight is 525 g/mol. The quantitative estimate of drug-likeness (QED) is 0.266. The van der Waals surface area contributed by atoms with Crippen LogP contribution in [0.5, 0.6) is 0 Å². The van der Waals surface area contributed by atoms with Crippen LogP contribution < -0.4 is 5.32 Å². The van der Waals surface area contributed by atoms with E-state index in [1.54, 1.807) is 28.8 Å². The van der Waals surface area contributed by atoms with Crippen molar-refractivity contribution < 1.29 is 19.3 Å². The van der Waals surface area contributed by atoms with Crippen LogP contribution in [0.4, 0.5) is 10.5 Å². The average Bonchev–Trinajstić information content (AvgIpc) is 2.91. The largest absolute Gasteiger partial charge is 0.355 e. The fourth-order valence-electron chi connectivity index (χ4n) is 5.05. The van der Waals surface area contributed by atoms with Crippen molar-refractivity contribution in [2.45, 2.75) is 50.4 Å². The molecule has 1 aliphatic heterocycles. The zero-order chi connectivity index (χ0) is 26.2. The molecular formula is C27H32N4O5S. The van der Waals surface area contributed by atoms with E-state index in [0.29, 0.717) is 18.5 Å². The lowest BCUT2D eigenvalue weighted by atomic mass is 9.81. The van der Waals surface area contributed by atoms with Gasteiger partial charge >= 0.3 is 6.03 Å². The molecule has 4 amide bonds. The number of nitrogens with zero attached hydrogens (tertiary/aromatic N) is 3. The molecule has 2 unspecified atom stereocenters. The van der Waals surface area contributed by atoms with Gasteiger partial charge < -0.3 is 10.2 Å². The molecule has 2 atom stereocenters. The number of amides is 4. The zero-order valence-electron chi connectivity index (χ0n) is 20.7. The topological polar surface area (TPSA) is 113 Å². The fraction of sp³-hybridized carbons (Fsp3) is 0.444.